The van der Waals surface area contributed by atoms with Crippen LogP contribution in [0.1, 0.15) is 33.1 Å². The number of carboxylic acid groups (broad SMARTS) is 1. The highest BCUT2D eigenvalue weighted by atomic mass is 16.4. The Bertz CT molecular complexity index is 198. The Morgan fingerprint density at radius 3 is 2.33 bits per heavy atom. The predicted molar refractivity (Wildman–Crippen MR) is 50.1 cm³/mol. The highest BCUT2D eigenvalue weighted by Gasteiger charge is 1.98. The fourth-order valence-corrected chi connectivity index (χ4v) is 0.986. The maximum atomic E-state index is 10.2. The largest absolute Gasteiger partial charge is 0.481 e. The lowest BCUT2D eigenvalue weighted by Crippen LogP contribution is -1.94. The molecule has 0 aliphatic carbocycles. The zero-order valence-corrected chi connectivity index (χ0v) is 7.76. The van der Waals surface area contributed by atoms with E-state index in [1.807, 2.05) is 13.8 Å². The van der Waals surface area contributed by atoms with Crippen molar-refractivity contribution in [3.8, 4) is 0 Å². The maximum Gasteiger partial charge on any atom is 0.303 e. The van der Waals surface area contributed by atoms with Crippen molar-refractivity contribution >= 4 is 5.97 Å². The lowest BCUT2D eigenvalue weighted by Gasteiger charge is -2.02. The van der Waals surface area contributed by atoms with Gasteiger partial charge in [0.1, 0.15) is 0 Å². The van der Waals surface area contributed by atoms with E-state index in [1.54, 1.807) is 6.08 Å². The summed E-state index contributed by atoms with van der Waals surface area (Å²) in [7, 11) is 0. The number of carbonyl (C=O) groups is 1. The topological polar surface area (TPSA) is 37.3 Å². The summed E-state index contributed by atoms with van der Waals surface area (Å²) in [5, 5.41) is 8.40. The zero-order valence-electron chi connectivity index (χ0n) is 7.76. The predicted octanol–water partition coefficient (Wildman–Crippen LogP) is 2.76. The molecule has 2 nitrogen and oxygen atoms in total. The molecular formula is C10H16O2. The fourth-order valence-electron chi connectivity index (χ4n) is 0.986. The highest BCUT2D eigenvalue weighted by Crippen LogP contribution is 2.12. The van der Waals surface area contributed by atoms with Gasteiger partial charge in [-0.15, -0.1) is 0 Å². The van der Waals surface area contributed by atoms with Crippen LogP contribution in [0.25, 0.3) is 0 Å². The quantitative estimate of drug-likeness (QED) is 0.641. The van der Waals surface area contributed by atoms with Crippen LogP contribution < -0.4 is 0 Å². The molecular weight excluding hydrogens is 152 g/mol. The number of allylic oxidation sites excluding steroid dienone is 3. The number of carboxylic acids is 1. The summed E-state index contributed by atoms with van der Waals surface area (Å²) in [5.41, 5.74) is 2.38. The molecule has 0 bridgehead atoms. The third kappa shape index (κ3) is 4.72. The van der Waals surface area contributed by atoms with Gasteiger partial charge in [-0.1, -0.05) is 18.2 Å². The minimum absolute atomic E-state index is 0.241. The number of hydrogen-bond donors (Lipinski definition) is 1. The Hall–Kier alpha value is -1.05. The van der Waals surface area contributed by atoms with E-state index < -0.39 is 5.97 Å². The van der Waals surface area contributed by atoms with Crippen molar-refractivity contribution in [3.05, 3.63) is 23.8 Å². The van der Waals surface area contributed by atoms with Crippen LogP contribution >= 0.6 is 0 Å². The second-order valence-corrected chi connectivity index (χ2v) is 2.98. The van der Waals surface area contributed by atoms with Crippen molar-refractivity contribution < 1.29 is 9.90 Å². The maximum absolute atomic E-state index is 10.2. The van der Waals surface area contributed by atoms with Crippen LogP contribution in [0.2, 0.25) is 0 Å². The molecule has 12 heavy (non-hydrogen) atoms. The summed E-state index contributed by atoms with van der Waals surface area (Å²) in [5.74, 6) is -0.729. The summed E-state index contributed by atoms with van der Waals surface area (Å²) in [6, 6.07) is 0. The molecule has 0 amide bonds. The van der Waals surface area contributed by atoms with Crippen molar-refractivity contribution in [1.29, 1.82) is 0 Å². The first-order valence-corrected chi connectivity index (χ1v) is 4.08. The Kier molecular flexibility index (Phi) is 5.09. The highest BCUT2D eigenvalue weighted by molar-refractivity contribution is 5.66. The SMILES string of the molecule is C=CC(CCCC(=O)O)=C(C)C. The number of rotatable bonds is 5. The first-order chi connectivity index (χ1) is 5.57. The molecule has 68 valence electrons. The first-order valence-electron chi connectivity index (χ1n) is 4.08. The first kappa shape index (κ1) is 11.0. The van der Waals surface area contributed by atoms with Gasteiger partial charge in [0.05, 0.1) is 0 Å². The second-order valence-electron chi connectivity index (χ2n) is 2.98. The number of aliphatic carboxylic acids is 1. The van der Waals surface area contributed by atoms with Crippen LogP contribution in [-0.4, -0.2) is 11.1 Å². The van der Waals surface area contributed by atoms with Crippen LogP contribution in [0.3, 0.4) is 0 Å². The fraction of sp³-hybridized carbons (Fsp3) is 0.500. The van der Waals surface area contributed by atoms with Crippen LogP contribution in [0, 0.1) is 0 Å². The Morgan fingerprint density at radius 2 is 2.00 bits per heavy atom. The van der Waals surface area contributed by atoms with Crippen molar-refractivity contribution in [2.24, 2.45) is 0 Å². The van der Waals surface area contributed by atoms with E-state index in [9.17, 15) is 4.79 Å². The monoisotopic (exact) mass is 168 g/mol. The Morgan fingerprint density at radius 1 is 1.42 bits per heavy atom. The minimum atomic E-state index is -0.729. The van der Waals surface area contributed by atoms with Crippen molar-refractivity contribution in [2.75, 3.05) is 0 Å². The van der Waals surface area contributed by atoms with Gasteiger partial charge in [-0.25, -0.2) is 0 Å². The molecule has 0 heterocycles. The third-order valence-corrected chi connectivity index (χ3v) is 1.73. The van der Waals surface area contributed by atoms with E-state index in [-0.39, 0.29) is 6.42 Å². The van der Waals surface area contributed by atoms with Gasteiger partial charge in [0.2, 0.25) is 0 Å². The molecule has 0 aromatic rings. The molecule has 0 spiro atoms. The zero-order chi connectivity index (χ0) is 9.56. The standard InChI is InChI=1S/C10H16O2/c1-4-9(8(2)3)6-5-7-10(11)12/h4H,1,5-7H2,2-3H3,(H,11,12). The molecule has 1 N–H and O–H groups in total. The summed E-state index contributed by atoms with van der Waals surface area (Å²) >= 11 is 0. The second kappa shape index (κ2) is 5.58. The smallest absolute Gasteiger partial charge is 0.303 e. The van der Waals surface area contributed by atoms with Gasteiger partial charge in [0, 0.05) is 6.42 Å². The lowest BCUT2D eigenvalue weighted by molar-refractivity contribution is -0.137. The summed E-state index contributed by atoms with van der Waals surface area (Å²) in [4.78, 5) is 10.2. The molecule has 0 radical (unpaired) electrons. The molecule has 0 saturated heterocycles. The van der Waals surface area contributed by atoms with Gasteiger partial charge < -0.3 is 5.11 Å². The molecule has 0 aromatic heterocycles. The molecule has 0 aliphatic heterocycles. The lowest BCUT2D eigenvalue weighted by atomic mass is 10.0. The van der Waals surface area contributed by atoms with Crippen LogP contribution in [0.5, 0.6) is 0 Å². The van der Waals surface area contributed by atoms with Gasteiger partial charge >= 0.3 is 5.97 Å². The summed E-state index contributed by atoms with van der Waals surface area (Å²) in [6.45, 7) is 7.70. The van der Waals surface area contributed by atoms with E-state index in [4.69, 9.17) is 5.11 Å². The van der Waals surface area contributed by atoms with E-state index in [0.29, 0.717) is 6.42 Å². The van der Waals surface area contributed by atoms with Gasteiger partial charge in [0.15, 0.2) is 0 Å². The Balaban J connectivity index is 3.83. The van der Waals surface area contributed by atoms with Crippen molar-refractivity contribution in [3.63, 3.8) is 0 Å². The van der Waals surface area contributed by atoms with Crippen molar-refractivity contribution in [2.45, 2.75) is 33.1 Å². The Labute approximate surface area is 73.6 Å². The molecule has 0 saturated carbocycles. The van der Waals surface area contributed by atoms with Crippen LogP contribution in [0.4, 0.5) is 0 Å². The third-order valence-electron chi connectivity index (χ3n) is 1.73. The normalized spacial score (nSPS) is 9.17. The van der Waals surface area contributed by atoms with Gasteiger partial charge in [-0.2, -0.15) is 0 Å². The molecule has 0 aromatic carbocycles. The number of hydrogen-bond acceptors (Lipinski definition) is 1. The molecule has 0 aliphatic rings. The van der Waals surface area contributed by atoms with E-state index in [0.717, 1.165) is 12.0 Å². The van der Waals surface area contributed by atoms with Gasteiger partial charge in [-0.3, -0.25) is 4.79 Å². The van der Waals surface area contributed by atoms with Crippen LogP contribution in [0.15, 0.2) is 23.8 Å². The molecule has 2 heteroatoms. The summed E-state index contributed by atoms with van der Waals surface area (Å²) < 4.78 is 0. The average Bonchev–Trinajstić information content (AvgIpc) is 1.96. The molecule has 0 atom stereocenters. The average molecular weight is 168 g/mol. The van der Waals surface area contributed by atoms with Crippen molar-refractivity contribution in [1.82, 2.24) is 0 Å². The minimum Gasteiger partial charge on any atom is -0.481 e. The summed E-state index contributed by atoms with van der Waals surface area (Å²) in [6.07, 6.45) is 3.56. The van der Waals surface area contributed by atoms with E-state index >= 15 is 0 Å². The molecule has 0 fully saturated rings. The van der Waals surface area contributed by atoms with Gasteiger partial charge in [0.25, 0.3) is 0 Å². The van der Waals surface area contributed by atoms with E-state index in [1.165, 1.54) is 5.57 Å². The van der Waals surface area contributed by atoms with Gasteiger partial charge in [-0.05, 0) is 32.3 Å². The molecule has 0 rings (SSSR count). The molecule has 0 unspecified atom stereocenters. The van der Waals surface area contributed by atoms with E-state index in [2.05, 4.69) is 6.58 Å². The van der Waals surface area contributed by atoms with Crippen LogP contribution in [-0.2, 0) is 4.79 Å².